The van der Waals surface area contributed by atoms with Gasteiger partial charge in [-0.2, -0.15) is 5.10 Å². The van der Waals surface area contributed by atoms with Crippen molar-refractivity contribution in [3.8, 4) is 11.3 Å². The highest BCUT2D eigenvalue weighted by Gasteiger charge is 2.13. The molecule has 2 aromatic carbocycles. The lowest BCUT2D eigenvalue weighted by molar-refractivity contribution is -0.120. The van der Waals surface area contributed by atoms with Crippen LogP contribution >= 0.6 is 15.9 Å². The maximum atomic E-state index is 11.9. The van der Waals surface area contributed by atoms with Gasteiger partial charge in [0.2, 0.25) is 5.91 Å². The summed E-state index contributed by atoms with van der Waals surface area (Å²) in [6.07, 6.45) is 1.58. The van der Waals surface area contributed by atoms with Crippen molar-refractivity contribution in [1.82, 2.24) is 5.43 Å². The smallest absolute Gasteiger partial charge is 0.336 e. The number of aromatic carboxylic acids is 1. The lowest BCUT2D eigenvalue weighted by Gasteiger charge is -2.02. The minimum atomic E-state index is -1.03. The standard InChI is InChI=1S/C20H15BrN2O4/c21-14-7-5-13(6-8-14)11-19(24)23-22-12-15-9-10-18(27-15)16-3-1-2-4-17(16)20(25)26/h1-10,12H,11H2,(H,23,24)(H,25,26)/b22-12+. The number of nitrogens with zero attached hydrogens (tertiary/aromatic N) is 1. The quantitative estimate of drug-likeness (QED) is 0.458. The van der Waals surface area contributed by atoms with Gasteiger partial charge in [0.05, 0.1) is 18.2 Å². The molecule has 0 radical (unpaired) electrons. The van der Waals surface area contributed by atoms with Crippen LogP contribution in [-0.2, 0) is 11.2 Å². The molecule has 0 fully saturated rings. The maximum absolute atomic E-state index is 11.9. The van der Waals surface area contributed by atoms with Crippen LogP contribution in [0.25, 0.3) is 11.3 Å². The Morgan fingerprint density at radius 1 is 1.07 bits per heavy atom. The lowest BCUT2D eigenvalue weighted by Crippen LogP contribution is -2.19. The average Bonchev–Trinajstić information content (AvgIpc) is 3.12. The minimum Gasteiger partial charge on any atom is -0.478 e. The number of furan rings is 1. The average molecular weight is 427 g/mol. The molecule has 2 N–H and O–H groups in total. The van der Waals surface area contributed by atoms with Crippen molar-refractivity contribution in [1.29, 1.82) is 0 Å². The third-order valence-corrected chi connectivity index (χ3v) is 4.24. The Bertz CT molecular complexity index is 993. The number of carbonyl (C=O) groups is 2. The number of nitrogens with one attached hydrogen (secondary N) is 1. The van der Waals surface area contributed by atoms with Gasteiger partial charge in [-0.1, -0.05) is 46.3 Å². The van der Waals surface area contributed by atoms with E-state index in [4.69, 9.17) is 4.42 Å². The van der Waals surface area contributed by atoms with Gasteiger partial charge in [0.25, 0.3) is 0 Å². The highest BCUT2D eigenvalue weighted by atomic mass is 79.9. The van der Waals surface area contributed by atoms with E-state index in [0.29, 0.717) is 17.1 Å². The minimum absolute atomic E-state index is 0.151. The molecule has 0 unspecified atom stereocenters. The number of carbonyl (C=O) groups excluding carboxylic acids is 1. The number of rotatable bonds is 6. The van der Waals surface area contributed by atoms with Gasteiger partial charge in [-0.25, -0.2) is 10.2 Å². The van der Waals surface area contributed by atoms with Gasteiger partial charge >= 0.3 is 5.97 Å². The van der Waals surface area contributed by atoms with Crippen LogP contribution in [0.15, 0.2) is 74.7 Å². The van der Waals surface area contributed by atoms with Crippen molar-refractivity contribution in [2.24, 2.45) is 5.10 Å². The van der Waals surface area contributed by atoms with Crippen LogP contribution in [0.1, 0.15) is 21.7 Å². The summed E-state index contributed by atoms with van der Waals surface area (Å²) >= 11 is 3.34. The van der Waals surface area contributed by atoms with Crippen LogP contribution in [0.4, 0.5) is 0 Å². The molecule has 0 saturated carbocycles. The van der Waals surface area contributed by atoms with Crippen LogP contribution in [0, 0.1) is 0 Å². The summed E-state index contributed by atoms with van der Waals surface area (Å²) in [5.74, 6) is -0.473. The normalized spacial score (nSPS) is 10.9. The molecule has 1 heterocycles. The lowest BCUT2D eigenvalue weighted by atomic mass is 10.1. The van der Waals surface area contributed by atoms with E-state index in [2.05, 4.69) is 26.5 Å². The number of halogens is 1. The van der Waals surface area contributed by atoms with Crippen molar-refractivity contribution in [2.75, 3.05) is 0 Å². The molecular weight excluding hydrogens is 412 g/mol. The fraction of sp³-hybridized carbons (Fsp3) is 0.0500. The molecule has 6 nitrogen and oxygen atoms in total. The van der Waals surface area contributed by atoms with E-state index in [-0.39, 0.29) is 17.9 Å². The van der Waals surface area contributed by atoms with Gasteiger partial charge in [0, 0.05) is 10.0 Å². The first-order chi connectivity index (χ1) is 13.0. The molecule has 7 heteroatoms. The predicted octanol–water partition coefficient (Wildman–Crippen LogP) is 4.10. The Hall–Kier alpha value is -3.19. The molecule has 0 spiro atoms. The van der Waals surface area contributed by atoms with E-state index in [0.717, 1.165) is 10.0 Å². The molecule has 136 valence electrons. The highest BCUT2D eigenvalue weighted by Crippen LogP contribution is 2.25. The predicted molar refractivity (Wildman–Crippen MR) is 105 cm³/mol. The van der Waals surface area contributed by atoms with Crippen LogP contribution in [0.2, 0.25) is 0 Å². The van der Waals surface area contributed by atoms with Crippen molar-refractivity contribution < 1.29 is 19.1 Å². The number of amides is 1. The van der Waals surface area contributed by atoms with Crippen LogP contribution in [0.5, 0.6) is 0 Å². The van der Waals surface area contributed by atoms with Crippen molar-refractivity contribution in [3.63, 3.8) is 0 Å². The van der Waals surface area contributed by atoms with Crippen molar-refractivity contribution >= 4 is 34.0 Å². The second kappa shape index (κ2) is 8.46. The highest BCUT2D eigenvalue weighted by molar-refractivity contribution is 9.10. The molecule has 3 aromatic rings. The van der Waals surface area contributed by atoms with Gasteiger partial charge < -0.3 is 9.52 Å². The summed E-state index contributed by atoms with van der Waals surface area (Å²) in [5.41, 5.74) is 3.94. The summed E-state index contributed by atoms with van der Waals surface area (Å²) in [4.78, 5) is 23.2. The van der Waals surface area contributed by atoms with E-state index in [9.17, 15) is 14.7 Å². The molecule has 0 atom stereocenters. The molecule has 27 heavy (non-hydrogen) atoms. The summed E-state index contributed by atoms with van der Waals surface area (Å²) in [7, 11) is 0. The molecule has 1 amide bonds. The largest absolute Gasteiger partial charge is 0.478 e. The number of carboxylic acid groups (broad SMARTS) is 1. The zero-order valence-electron chi connectivity index (χ0n) is 14.1. The van der Waals surface area contributed by atoms with Gasteiger partial charge in [-0.3, -0.25) is 4.79 Å². The first-order valence-electron chi connectivity index (χ1n) is 8.02. The molecule has 3 rings (SSSR count). The Kier molecular flexibility index (Phi) is 5.83. The van der Waals surface area contributed by atoms with E-state index >= 15 is 0 Å². The fourth-order valence-corrected chi connectivity index (χ4v) is 2.71. The SMILES string of the molecule is O=C(Cc1ccc(Br)cc1)N/N=C/c1ccc(-c2ccccc2C(=O)O)o1. The summed E-state index contributed by atoms with van der Waals surface area (Å²) in [5, 5.41) is 13.1. The molecular formula is C20H15BrN2O4. The summed E-state index contributed by atoms with van der Waals surface area (Å²) in [6.45, 7) is 0. The molecule has 0 saturated heterocycles. The number of benzene rings is 2. The molecule has 0 aliphatic heterocycles. The zero-order chi connectivity index (χ0) is 19.2. The van der Waals surface area contributed by atoms with Gasteiger partial charge in [0.1, 0.15) is 11.5 Å². The fourth-order valence-electron chi connectivity index (χ4n) is 2.45. The Morgan fingerprint density at radius 2 is 1.81 bits per heavy atom. The second-order valence-corrected chi connectivity index (χ2v) is 6.56. The second-order valence-electron chi connectivity index (χ2n) is 5.65. The first kappa shape index (κ1) is 18.6. The van der Waals surface area contributed by atoms with E-state index in [1.165, 1.54) is 12.3 Å². The van der Waals surface area contributed by atoms with Crippen molar-refractivity contribution in [2.45, 2.75) is 6.42 Å². The summed E-state index contributed by atoms with van der Waals surface area (Å²) in [6, 6.07) is 17.3. The number of carboxylic acids is 1. The van der Waals surface area contributed by atoms with Crippen molar-refractivity contribution in [3.05, 3.63) is 82.0 Å². The van der Waals surface area contributed by atoms with Crippen LogP contribution < -0.4 is 5.43 Å². The Morgan fingerprint density at radius 3 is 2.56 bits per heavy atom. The van der Waals surface area contributed by atoms with E-state index in [1.54, 1.807) is 30.3 Å². The van der Waals surface area contributed by atoms with Gasteiger partial charge in [-0.05, 0) is 35.9 Å². The summed E-state index contributed by atoms with van der Waals surface area (Å²) < 4.78 is 6.55. The first-order valence-corrected chi connectivity index (χ1v) is 8.81. The topological polar surface area (TPSA) is 91.9 Å². The van der Waals surface area contributed by atoms with E-state index < -0.39 is 5.97 Å². The molecule has 0 bridgehead atoms. The Balaban J connectivity index is 1.63. The molecule has 0 aliphatic rings. The number of hydrogen-bond acceptors (Lipinski definition) is 4. The third-order valence-electron chi connectivity index (χ3n) is 3.71. The van der Waals surface area contributed by atoms with Gasteiger partial charge in [0.15, 0.2) is 0 Å². The zero-order valence-corrected chi connectivity index (χ0v) is 15.6. The molecule has 1 aromatic heterocycles. The Labute approximate surface area is 163 Å². The van der Waals surface area contributed by atoms with Gasteiger partial charge in [-0.15, -0.1) is 0 Å². The molecule has 0 aliphatic carbocycles. The monoisotopic (exact) mass is 426 g/mol. The van der Waals surface area contributed by atoms with E-state index in [1.807, 2.05) is 24.3 Å². The maximum Gasteiger partial charge on any atom is 0.336 e. The van der Waals surface area contributed by atoms with Crippen LogP contribution in [-0.4, -0.2) is 23.2 Å². The number of hydrazone groups is 1. The number of hydrogen-bond donors (Lipinski definition) is 2. The van der Waals surface area contributed by atoms with Crippen LogP contribution in [0.3, 0.4) is 0 Å². The third kappa shape index (κ3) is 4.92.